The molecule has 78 valence electrons. The van der Waals surface area contributed by atoms with Crippen LogP contribution in [0.2, 0.25) is 0 Å². The zero-order valence-electron chi connectivity index (χ0n) is 11.9. The van der Waals surface area contributed by atoms with Crippen molar-refractivity contribution in [3.8, 4) is 11.5 Å². The van der Waals surface area contributed by atoms with Gasteiger partial charge in [-0.05, 0) is 12.1 Å². The SMILES string of the molecule is [2H]c1cc2c(cc1[2H])OC(C1=N[C@H]([2H])[C@H]([2H])N1)CO2. The Kier molecular flexibility index (Phi) is 1.24. The molecule has 0 aromatic heterocycles. The predicted octanol–water partition coefficient (Wildman–Crippen LogP) is 0.828. The molecule has 0 aliphatic carbocycles. The molecular formula is C11H12N2O2. The van der Waals surface area contributed by atoms with Gasteiger partial charge in [-0.3, -0.25) is 4.99 Å². The summed E-state index contributed by atoms with van der Waals surface area (Å²) in [5.41, 5.74) is 0. The molecule has 0 fully saturated rings. The van der Waals surface area contributed by atoms with Gasteiger partial charge in [0.25, 0.3) is 0 Å². The van der Waals surface area contributed by atoms with Gasteiger partial charge < -0.3 is 14.8 Å². The number of amidine groups is 1. The van der Waals surface area contributed by atoms with Gasteiger partial charge in [0, 0.05) is 6.52 Å². The molecule has 1 aromatic rings. The number of nitrogens with zero attached hydrogens (tertiary/aromatic N) is 1. The van der Waals surface area contributed by atoms with Crippen LogP contribution in [0.5, 0.6) is 11.5 Å². The maximum atomic E-state index is 7.57. The molecule has 3 atom stereocenters. The van der Waals surface area contributed by atoms with Gasteiger partial charge in [0.1, 0.15) is 12.4 Å². The summed E-state index contributed by atoms with van der Waals surface area (Å²) in [6, 6.07) is 3.00. The number of fused-ring (bicyclic) bond motifs is 1. The summed E-state index contributed by atoms with van der Waals surface area (Å²) in [5.74, 6) is 1.24. The highest BCUT2D eigenvalue weighted by Gasteiger charge is 2.26. The van der Waals surface area contributed by atoms with Crippen molar-refractivity contribution in [1.29, 1.82) is 0 Å². The predicted molar refractivity (Wildman–Crippen MR) is 56.7 cm³/mol. The number of benzene rings is 1. The first-order chi connectivity index (χ1) is 9.04. The van der Waals surface area contributed by atoms with Crippen molar-refractivity contribution in [2.45, 2.75) is 6.10 Å². The highest BCUT2D eigenvalue weighted by atomic mass is 16.6. The van der Waals surface area contributed by atoms with E-state index >= 15 is 0 Å². The van der Waals surface area contributed by atoms with Gasteiger partial charge in [-0.1, -0.05) is 12.1 Å². The standard InChI is InChI=1S/C11H12N2O2/c1-2-4-9-8(3-1)14-7-10(15-9)11-12-5-6-13-11/h1-4,10H,5-7H2,(H,12,13)/i1D,2D,5D,6D/t5-,6+,10?. The van der Waals surface area contributed by atoms with Gasteiger partial charge in [-0.15, -0.1) is 0 Å². The number of ether oxygens (including phenoxy) is 2. The monoisotopic (exact) mass is 208 g/mol. The van der Waals surface area contributed by atoms with Crippen LogP contribution < -0.4 is 14.8 Å². The molecule has 2 heterocycles. The average molecular weight is 208 g/mol. The van der Waals surface area contributed by atoms with E-state index in [-0.39, 0.29) is 18.7 Å². The van der Waals surface area contributed by atoms with Crippen molar-refractivity contribution in [1.82, 2.24) is 5.32 Å². The van der Waals surface area contributed by atoms with Crippen molar-refractivity contribution >= 4 is 5.84 Å². The van der Waals surface area contributed by atoms with E-state index in [4.69, 9.17) is 15.0 Å². The molecule has 3 rings (SSSR count). The molecule has 1 N–H and O–H groups in total. The maximum absolute atomic E-state index is 7.57. The van der Waals surface area contributed by atoms with E-state index in [0.29, 0.717) is 17.3 Å². The number of hydrogen-bond acceptors (Lipinski definition) is 4. The van der Waals surface area contributed by atoms with Crippen LogP contribution in [0.1, 0.15) is 5.48 Å². The fourth-order valence-electron chi connectivity index (χ4n) is 1.50. The summed E-state index contributed by atoms with van der Waals surface area (Å²) in [5, 5.41) is 2.77. The summed E-state index contributed by atoms with van der Waals surface area (Å²) in [7, 11) is 0. The van der Waals surface area contributed by atoms with Crippen LogP contribution in [0.3, 0.4) is 0 Å². The van der Waals surface area contributed by atoms with Gasteiger partial charge in [-0.2, -0.15) is 0 Å². The molecule has 2 aliphatic rings. The minimum Gasteiger partial charge on any atom is -0.485 e. The summed E-state index contributed by atoms with van der Waals surface area (Å²) < 4.78 is 41.3. The molecule has 0 saturated carbocycles. The smallest absolute Gasteiger partial charge is 0.189 e. The first-order valence-corrected chi connectivity index (χ1v) is 4.64. The van der Waals surface area contributed by atoms with Crippen LogP contribution in [0.4, 0.5) is 0 Å². The fraction of sp³-hybridized carbons (Fsp3) is 0.364. The van der Waals surface area contributed by atoms with E-state index in [2.05, 4.69) is 10.3 Å². The van der Waals surface area contributed by atoms with Crippen molar-refractivity contribution < 1.29 is 15.0 Å². The number of hydrogen-bond donors (Lipinski definition) is 1. The molecule has 1 aromatic carbocycles. The minimum absolute atomic E-state index is 0.0565. The summed E-state index contributed by atoms with van der Waals surface area (Å²) in [4.78, 5) is 4.00. The minimum atomic E-state index is -0.859. The van der Waals surface area contributed by atoms with Crippen LogP contribution in [0.15, 0.2) is 29.2 Å². The highest BCUT2D eigenvalue weighted by Crippen LogP contribution is 2.31. The van der Waals surface area contributed by atoms with Gasteiger partial charge in [0.15, 0.2) is 17.6 Å². The van der Waals surface area contributed by atoms with E-state index < -0.39 is 19.1 Å². The summed E-state index contributed by atoms with van der Waals surface area (Å²) >= 11 is 0. The van der Waals surface area contributed by atoms with E-state index in [1.54, 1.807) is 0 Å². The lowest BCUT2D eigenvalue weighted by molar-refractivity contribution is 0.133. The van der Waals surface area contributed by atoms with E-state index in [1.165, 1.54) is 12.1 Å². The number of para-hydroxylation sites is 2. The fourth-order valence-corrected chi connectivity index (χ4v) is 1.50. The lowest BCUT2D eigenvalue weighted by atomic mass is 10.2. The summed E-state index contributed by atoms with van der Waals surface area (Å²) in [6.45, 7) is -1.44. The first kappa shape index (κ1) is 5.39. The number of aliphatic imine (C=N–C) groups is 1. The molecule has 0 saturated heterocycles. The van der Waals surface area contributed by atoms with Crippen LogP contribution in [0, 0.1) is 0 Å². The molecule has 0 bridgehead atoms. The molecular weight excluding hydrogens is 192 g/mol. The Labute approximate surface area is 93.5 Å². The van der Waals surface area contributed by atoms with Crippen LogP contribution >= 0.6 is 0 Å². The van der Waals surface area contributed by atoms with E-state index in [1.807, 2.05) is 0 Å². The second-order valence-corrected chi connectivity index (χ2v) is 3.20. The zero-order valence-corrected chi connectivity index (χ0v) is 7.86. The second kappa shape index (κ2) is 3.46. The van der Waals surface area contributed by atoms with Gasteiger partial charge in [0.05, 0.1) is 12.0 Å². The van der Waals surface area contributed by atoms with E-state index in [9.17, 15) is 0 Å². The van der Waals surface area contributed by atoms with Gasteiger partial charge in [-0.25, -0.2) is 0 Å². The Hall–Kier alpha value is -1.71. The lowest BCUT2D eigenvalue weighted by Crippen LogP contribution is -2.42. The highest BCUT2D eigenvalue weighted by molar-refractivity contribution is 5.88. The third-order valence-electron chi connectivity index (χ3n) is 2.22. The van der Waals surface area contributed by atoms with Crippen LogP contribution in [-0.4, -0.2) is 31.6 Å². The Morgan fingerprint density at radius 1 is 1.47 bits per heavy atom. The first-order valence-electron chi connectivity index (χ1n) is 6.79. The van der Waals surface area contributed by atoms with Crippen molar-refractivity contribution in [2.24, 2.45) is 4.99 Å². The molecule has 0 amide bonds. The lowest BCUT2D eigenvalue weighted by Gasteiger charge is -2.26. The zero-order chi connectivity index (χ0) is 13.6. The normalized spacial score (nSPS) is 36.8. The van der Waals surface area contributed by atoms with Gasteiger partial charge >= 0.3 is 0 Å². The maximum Gasteiger partial charge on any atom is 0.189 e. The third kappa shape index (κ3) is 1.52. The summed E-state index contributed by atoms with van der Waals surface area (Å²) in [6.07, 6.45) is -0.508. The van der Waals surface area contributed by atoms with E-state index in [0.717, 1.165) is 0 Å². The van der Waals surface area contributed by atoms with Crippen LogP contribution in [-0.2, 0) is 0 Å². The Balaban J connectivity index is 1.83. The molecule has 4 nitrogen and oxygen atoms in total. The Morgan fingerprint density at radius 3 is 3.13 bits per heavy atom. The quantitative estimate of drug-likeness (QED) is 0.743. The molecule has 15 heavy (non-hydrogen) atoms. The molecule has 2 aliphatic heterocycles. The van der Waals surface area contributed by atoms with Crippen LogP contribution in [0.25, 0.3) is 0 Å². The Bertz CT molecular complexity index is 552. The Morgan fingerprint density at radius 2 is 2.33 bits per heavy atom. The average Bonchev–Trinajstić information content (AvgIpc) is 2.71. The third-order valence-corrected chi connectivity index (χ3v) is 2.22. The second-order valence-electron chi connectivity index (χ2n) is 3.20. The number of nitrogens with one attached hydrogen (secondary N) is 1. The molecule has 1 unspecified atom stereocenters. The van der Waals surface area contributed by atoms with Crippen molar-refractivity contribution in [2.75, 3.05) is 19.6 Å². The topological polar surface area (TPSA) is 42.8 Å². The molecule has 4 heteroatoms. The van der Waals surface area contributed by atoms with Gasteiger partial charge in [0.2, 0.25) is 0 Å². The van der Waals surface area contributed by atoms with Crippen molar-refractivity contribution in [3.05, 3.63) is 24.2 Å². The van der Waals surface area contributed by atoms with Crippen molar-refractivity contribution in [3.63, 3.8) is 0 Å². The molecule has 0 radical (unpaired) electrons. The largest absolute Gasteiger partial charge is 0.485 e. The molecule has 0 spiro atoms. The number of rotatable bonds is 1.